The minimum absolute atomic E-state index is 0.168. The van der Waals surface area contributed by atoms with E-state index < -0.39 is 5.91 Å². The molecule has 0 fully saturated rings. The minimum Gasteiger partial charge on any atom is -0.364 e. The standard InChI is InChI=1S/C16H11N5O/c17-16(22)15-14(19-12-3-1-2-4-13(12)20-15)9-5-6-11-10(7-9)8-18-21-11/h1-8H,(H2,17,22)(H,18,21). The van der Waals surface area contributed by atoms with Crippen LogP contribution in [0.25, 0.3) is 33.2 Å². The molecule has 6 nitrogen and oxygen atoms in total. The van der Waals surface area contributed by atoms with Crippen LogP contribution in [-0.2, 0) is 0 Å². The molecular formula is C16H11N5O. The molecule has 0 bridgehead atoms. The van der Waals surface area contributed by atoms with E-state index >= 15 is 0 Å². The Bertz CT molecular complexity index is 1020. The molecule has 2 heterocycles. The second-order valence-electron chi connectivity index (χ2n) is 4.95. The van der Waals surface area contributed by atoms with Crippen molar-refractivity contribution in [3.05, 3.63) is 54.4 Å². The fourth-order valence-electron chi connectivity index (χ4n) is 2.46. The van der Waals surface area contributed by atoms with Crippen LogP contribution in [0.3, 0.4) is 0 Å². The number of hydrogen-bond acceptors (Lipinski definition) is 4. The number of amides is 1. The van der Waals surface area contributed by atoms with Gasteiger partial charge in [-0.2, -0.15) is 5.10 Å². The van der Waals surface area contributed by atoms with E-state index in [0.717, 1.165) is 22.0 Å². The zero-order valence-electron chi connectivity index (χ0n) is 11.4. The molecule has 1 amide bonds. The van der Waals surface area contributed by atoms with Crippen molar-refractivity contribution in [3.8, 4) is 11.3 Å². The monoisotopic (exact) mass is 289 g/mol. The normalized spacial score (nSPS) is 11.1. The zero-order valence-corrected chi connectivity index (χ0v) is 11.4. The third-order valence-corrected chi connectivity index (χ3v) is 3.52. The fourth-order valence-corrected chi connectivity index (χ4v) is 2.46. The predicted octanol–water partition coefficient (Wildman–Crippen LogP) is 2.27. The molecule has 106 valence electrons. The van der Waals surface area contributed by atoms with Crippen molar-refractivity contribution in [3.63, 3.8) is 0 Å². The van der Waals surface area contributed by atoms with Crippen molar-refractivity contribution < 1.29 is 4.79 Å². The smallest absolute Gasteiger partial charge is 0.269 e. The highest BCUT2D eigenvalue weighted by Gasteiger charge is 2.15. The largest absolute Gasteiger partial charge is 0.364 e. The number of fused-ring (bicyclic) bond motifs is 2. The molecule has 3 N–H and O–H groups in total. The van der Waals surface area contributed by atoms with Gasteiger partial charge in [-0.25, -0.2) is 9.97 Å². The van der Waals surface area contributed by atoms with Crippen LogP contribution in [-0.4, -0.2) is 26.1 Å². The molecule has 4 rings (SSSR count). The summed E-state index contributed by atoms with van der Waals surface area (Å²) in [7, 11) is 0. The van der Waals surface area contributed by atoms with E-state index in [9.17, 15) is 4.79 Å². The lowest BCUT2D eigenvalue weighted by molar-refractivity contribution is 0.0996. The van der Waals surface area contributed by atoms with Crippen molar-refractivity contribution in [2.45, 2.75) is 0 Å². The van der Waals surface area contributed by atoms with Crippen LogP contribution in [0.4, 0.5) is 0 Å². The number of primary amides is 1. The van der Waals surface area contributed by atoms with Crippen LogP contribution in [0.5, 0.6) is 0 Å². The number of aromatic amines is 1. The Balaban J connectivity index is 2.02. The highest BCUT2D eigenvalue weighted by atomic mass is 16.1. The molecule has 2 aromatic heterocycles. The molecule has 2 aromatic carbocycles. The van der Waals surface area contributed by atoms with E-state index in [0.29, 0.717) is 11.2 Å². The number of nitrogens with zero attached hydrogens (tertiary/aromatic N) is 3. The highest BCUT2D eigenvalue weighted by Crippen LogP contribution is 2.26. The molecule has 0 radical (unpaired) electrons. The maximum atomic E-state index is 11.8. The summed E-state index contributed by atoms with van der Waals surface area (Å²) >= 11 is 0. The van der Waals surface area contributed by atoms with Crippen molar-refractivity contribution in [1.82, 2.24) is 20.2 Å². The van der Waals surface area contributed by atoms with Crippen molar-refractivity contribution in [2.75, 3.05) is 0 Å². The van der Waals surface area contributed by atoms with Gasteiger partial charge in [0.05, 0.1) is 22.7 Å². The number of para-hydroxylation sites is 2. The third kappa shape index (κ3) is 1.89. The topological polar surface area (TPSA) is 97.5 Å². The van der Waals surface area contributed by atoms with Crippen LogP contribution in [0.1, 0.15) is 10.5 Å². The van der Waals surface area contributed by atoms with Crippen LogP contribution in [0, 0.1) is 0 Å². The molecule has 0 saturated carbocycles. The average Bonchev–Trinajstić information content (AvgIpc) is 3.01. The zero-order chi connectivity index (χ0) is 15.1. The summed E-state index contributed by atoms with van der Waals surface area (Å²) in [5.41, 5.74) is 9.18. The van der Waals surface area contributed by atoms with Gasteiger partial charge in [-0.15, -0.1) is 0 Å². The van der Waals surface area contributed by atoms with Crippen LogP contribution in [0.15, 0.2) is 48.7 Å². The molecule has 0 atom stereocenters. The Labute approximate surface area is 125 Å². The van der Waals surface area contributed by atoms with Gasteiger partial charge >= 0.3 is 0 Å². The fraction of sp³-hybridized carbons (Fsp3) is 0. The number of rotatable bonds is 2. The Morgan fingerprint density at radius 3 is 2.59 bits per heavy atom. The molecule has 0 aliphatic carbocycles. The lowest BCUT2D eigenvalue weighted by atomic mass is 10.1. The molecule has 4 aromatic rings. The lowest BCUT2D eigenvalue weighted by Gasteiger charge is -2.07. The second kappa shape index (κ2) is 4.63. The van der Waals surface area contributed by atoms with E-state index in [4.69, 9.17) is 5.73 Å². The van der Waals surface area contributed by atoms with Crippen molar-refractivity contribution in [2.24, 2.45) is 5.73 Å². The number of nitrogens with two attached hydrogens (primary N) is 1. The maximum Gasteiger partial charge on any atom is 0.269 e. The summed E-state index contributed by atoms with van der Waals surface area (Å²) in [6.07, 6.45) is 1.72. The van der Waals surface area contributed by atoms with E-state index in [1.54, 1.807) is 12.3 Å². The Hall–Kier alpha value is -3.28. The first-order valence-electron chi connectivity index (χ1n) is 6.72. The van der Waals surface area contributed by atoms with Crippen LogP contribution < -0.4 is 5.73 Å². The van der Waals surface area contributed by atoms with Gasteiger partial charge in [-0.05, 0) is 24.3 Å². The number of H-pyrrole nitrogens is 1. The van der Waals surface area contributed by atoms with E-state index in [1.807, 2.05) is 36.4 Å². The van der Waals surface area contributed by atoms with Crippen molar-refractivity contribution in [1.29, 1.82) is 0 Å². The molecular weight excluding hydrogens is 278 g/mol. The lowest BCUT2D eigenvalue weighted by Crippen LogP contribution is -2.15. The Kier molecular flexibility index (Phi) is 2.62. The number of aromatic nitrogens is 4. The van der Waals surface area contributed by atoms with Crippen LogP contribution in [0.2, 0.25) is 0 Å². The predicted molar refractivity (Wildman–Crippen MR) is 83.1 cm³/mol. The molecule has 0 saturated heterocycles. The van der Waals surface area contributed by atoms with Crippen molar-refractivity contribution >= 4 is 27.8 Å². The van der Waals surface area contributed by atoms with E-state index in [1.165, 1.54) is 0 Å². The van der Waals surface area contributed by atoms with Gasteiger partial charge < -0.3 is 5.73 Å². The third-order valence-electron chi connectivity index (χ3n) is 3.52. The molecule has 0 unspecified atom stereocenters. The van der Waals surface area contributed by atoms with Gasteiger partial charge in [0.1, 0.15) is 5.69 Å². The Morgan fingerprint density at radius 1 is 1.05 bits per heavy atom. The summed E-state index contributed by atoms with van der Waals surface area (Å²) in [5.74, 6) is -0.597. The number of nitrogens with one attached hydrogen (secondary N) is 1. The number of benzene rings is 2. The summed E-state index contributed by atoms with van der Waals surface area (Å²) in [6.45, 7) is 0. The van der Waals surface area contributed by atoms with Gasteiger partial charge in [0.25, 0.3) is 5.91 Å². The quantitative estimate of drug-likeness (QED) is 0.591. The van der Waals surface area contributed by atoms with Gasteiger partial charge in [0.15, 0.2) is 5.69 Å². The molecule has 0 aliphatic rings. The summed E-state index contributed by atoms with van der Waals surface area (Å²) in [5, 5.41) is 7.81. The summed E-state index contributed by atoms with van der Waals surface area (Å²) in [4.78, 5) is 20.7. The highest BCUT2D eigenvalue weighted by molar-refractivity contribution is 6.00. The molecule has 0 aliphatic heterocycles. The summed E-state index contributed by atoms with van der Waals surface area (Å²) < 4.78 is 0. The number of hydrogen-bond donors (Lipinski definition) is 2. The Morgan fingerprint density at radius 2 is 1.82 bits per heavy atom. The minimum atomic E-state index is -0.597. The summed E-state index contributed by atoms with van der Waals surface area (Å²) in [6, 6.07) is 13.0. The second-order valence-corrected chi connectivity index (χ2v) is 4.95. The molecule has 0 spiro atoms. The number of carbonyl (C=O) groups is 1. The first-order chi connectivity index (χ1) is 10.7. The first kappa shape index (κ1) is 12.5. The van der Waals surface area contributed by atoms with Gasteiger partial charge in [-0.1, -0.05) is 18.2 Å². The molecule has 22 heavy (non-hydrogen) atoms. The SMILES string of the molecule is NC(=O)c1nc2ccccc2nc1-c1ccc2[nH]ncc2c1. The maximum absolute atomic E-state index is 11.8. The van der Waals surface area contributed by atoms with Gasteiger partial charge in [-0.3, -0.25) is 9.89 Å². The van der Waals surface area contributed by atoms with E-state index in [2.05, 4.69) is 20.2 Å². The van der Waals surface area contributed by atoms with Crippen LogP contribution >= 0.6 is 0 Å². The first-order valence-corrected chi connectivity index (χ1v) is 6.72. The average molecular weight is 289 g/mol. The van der Waals surface area contributed by atoms with E-state index in [-0.39, 0.29) is 5.69 Å². The molecule has 6 heteroatoms. The van der Waals surface area contributed by atoms with Gasteiger partial charge in [0, 0.05) is 10.9 Å². The van der Waals surface area contributed by atoms with Gasteiger partial charge in [0.2, 0.25) is 0 Å². The number of carbonyl (C=O) groups excluding carboxylic acids is 1.